The Balaban J connectivity index is 1.86. The minimum atomic E-state index is -0.0156. The fourth-order valence-corrected chi connectivity index (χ4v) is 2.91. The van der Waals surface area contributed by atoms with Gasteiger partial charge in [0.25, 0.3) is 0 Å². The van der Waals surface area contributed by atoms with Gasteiger partial charge in [0.15, 0.2) is 0 Å². The summed E-state index contributed by atoms with van der Waals surface area (Å²) in [6, 6.07) is 0.544. The molecule has 1 aromatic heterocycles. The van der Waals surface area contributed by atoms with E-state index in [2.05, 4.69) is 21.8 Å². The second kappa shape index (κ2) is 6.70. The van der Waals surface area contributed by atoms with Crippen molar-refractivity contribution in [2.24, 2.45) is 5.73 Å². The molecule has 1 aliphatic carbocycles. The van der Waals surface area contributed by atoms with Crippen LogP contribution in [0, 0.1) is 0 Å². The summed E-state index contributed by atoms with van der Waals surface area (Å²) in [5, 5.41) is 3.14. The van der Waals surface area contributed by atoms with Crippen molar-refractivity contribution in [2.45, 2.75) is 63.6 Å². The van der Waals surface area contributed by atoms with Crippen LogP contribution in [0.2, 0.25) is 0 Å². The summed E-state index contributed by atoms with van der Waals surface area (Å²) in [4.78, 5) is 16.1. The number of hydrogen-bond donors (Lipinski definition) is 2. The Morgan fingerprint density at radius 3 is 3.11 bits per heavy atom. The van der Waals surface area contributed by atoms with Crippen LogP contribution in [0.5, 0.6) is 0 Å². The van der Waals surface area contributed by atoms with Crippen molar-refractivity contribution in [3.05, 3.63) is 18.7 Å². The van der Waals surface area contributed by atoms with E-state index in [9.17, 15) is 4.79 Å². The van der Waals surface area contributed by atoms with Gasteiger partial charge in [0.1, 0.15) is 0 Å². The molecule has 0 spiro atoms. The molecule has 3 N–H and O–H groups in total. The van der Waals surface area contributed by atoms with E-state index in [1.165, 1.54) is 0 Å². The number of carbonyl (C=O) groups is 1. The van der Waals surface area contributed by atoms with Crippen LogP contribution in [-0.2, 0) is 4.79 Å². The van der Waals surface area contributed by atoms with Gasteiger partial charge in [-0.05, 0) is 25.7 Å². The fourth-order valence-electron chi connectivity index (χ4n) is 2.91. The number of carbonyl (C=O) groups excluding carboxylic acids is 1. The van der Waals surface area contributed by atoms with E-state index in [4.69, 9.17) is 5.73 Å². The van der Waals surface area contributed by atoms with Gasteiger partial charge in [-0.25, -0.2) is 4.98 Å². The Bertz CT molecular complexity index is 390. The third-order valence-corrected chi connectivity index (χ3v) is 3.84. The highest BCUT2D eigenvalue weighted by atomic mass is 16.1. The molecule has 1 aliphatic rings. The van der Waals surface area contributed by atoms with Crippen LogP contribution in [0.4, 0.5) is 0 Å². The molecule has 106 valence electrons. The van der Waals surface area contributed by atoms with Crippen LogP contribution in [-0.4, -0.2) is 27.5 Å². The number of hydrogen-bond acceptors (Lipinski definition) is 3. The minimum Gasteiger partial charge on any atom is -0.351 e. The number of rotatable bonds is 6. The topological polar surface area (TPSA) is 72.9 Å². The molecule has 1 fully saturated rings. The van der Waals surface area contributed by atoms with Crippen molar-refractivity contribution >= 4 is 5.91 Å². The first-order chi connectivity index (χ1) is 9.20. The Morgan fingerprint density at radius 2 is 2.42 bits per heavy atom. The second-order valence-electron chi connectivity index (χ2n) is 5.44. The van der Waals surface area contributed by atoms with Crippen molar-refractivity contribution < 1.29 is 4.79 Å². The van der Waals surface area contributed by atoms with Crippen LogP contribution < -0.4 is 11.1 Å². The lowest BCUT2D eigenvalue weighted by molar-refractivity contribution is -0.122. The SMILES string of the molecule is CCCC(N)CC(=O)NC1CCCC1n1ccnc1. The third kappa shape index (κ3) is 3.80. The predicted molar refractivity (Wildman–Crippen MR) is 74.5 cm³/mol. The molecule has 1 heterocycles. The number of nitrogens with one attached hydrogen (secondary N) is 1. The zero-order valence-corrected chi connectivity index (χ0v) is 11.6. The van der Waals surface area contributed by atoms with E-state index in [1.807, 2.05) is 12.5 Å². The molecule has 0 radical (unpaired) electrons. The molecular formula is C14H24N4O. The molecule has 0 aromatic carbocycles. The van der Waals surface area contributed by atoms with Gasteiger partial charge in [0.05, 0.1) is 12.4 Å². The summed E-state index contributed by atoms with van der Waals surface area (Å²) in [5.74, 6) is 0.0814. The summed E-state index contributed by atoms with van der Waals surface area (Å²) in [7, 11) is 0. The molecular weight excluding hydrogens is 240 g/mol. The van der Waals surface area contributed by atoms with Crippen LogP contribution >= 0.6 is 0 Å². The molecule has 3 unspecified atom stereocenters. The van der Waals surface area contributed by atoms with Crippen molar-refractivity contribution in [3.63, 3.8) is 0 Å². The highest BCUT2D eigenvalue weighted by Crippen LogP contribution is 2.29. The van der Waals surface area contributed by atoms with Crippen LogP contribution in [0.15, 0.2) is 18.7 Å². The standard InChI is InChI=1S/C14H24N4O/c1-2-4-11(15)9-14(19)17-12-5-3-6-13(12)18-8-7-16-10-18/h7-8,10-13H,2-6,9,15H2,1H3,(H,17,19). The average molecular weight is 264 g/mol. The molecule has 3 atom stereocenters. The first-order valence-electron chi connectivity index (χ1n) is 7.23. The van der Waals surface area contributed by atoms with E-state index in [-0.39, 0.29) is 18.0 Å². The minimum absolute atomic E-state index is 0.0156. The van der Waals surface area contributed by atoms with Gasteiger partial charge < -0.3 is 15.6 Å². The maximum absolute atomic E-state index is 12.0. The first-order valence-corrected chi connectivity index (χ1v) is 7.23. The van der Waals surface area contributed by atoms with Gasteiger partial charge in [-0.2, -0.15) is 0 Å². The lowest BCUT2D eigenvalue weighted by atomic mass is 10.1. The monoisotopic (exact) mass is 264 g/mol. The van der Waals surface area contributed by atoms with Crippen LogP contribution in [0.3, 0.4) is 0 Å². The summed E-state index contributed by atoms with van der Waals surface area (Å²) in [6.07, 6.45) is 11.2. The van der Waals surface area contributed by atoms with Crippen LogP contribution in [0.25, 0.3) is 0 Å². The van der Waals surface area contributed by atoms with E-state index in [0.29, 0.717) is 12.5 Å². The molecule has 5 heteroatoms. The van der Waals surface area contributed by atoms with Gasteiger partial charge in [-0.3, -0.25) is 4.79 Å². The van der Waals surface area contributed by atoms with Crippen molar-refractivity contribution in [2.75, 3.05) is 0 Å². The second-order valence-corrected chi connectivity index (χ2v) is 5.44. The number of nitrogens with two attached hydrogens (primary N) is 1. The predicted octanol–water partition coefficient (Wildman–Crippen LogP) is 1.61. The Labute approximate surface area is 114 Å². The van der Waals surface area contributed by atoms with Crippen LogP contribution in [0.1, 0.15) is 51.5 Å². The smallest absolute Gasteiger partial charge is 0.221 e. The number of imidazole rings is 1. The number of amides is 1. The van der Waals surface area contributed by atoms with Gasteiger partial charge in [-0.15, -0.1) is 0 Å². The maximum atomic E-state index is 12.0. The Kier molecular flexibility index (Phi) is 4.96. The highest BCUT2D eigenvalue weighted by molar-refractivity contribution is 5.77. The zero-order valence-electron chi connectivity index (χ0n) is 11.6. The Hall–Kier alpha value is -1.36. The van der Waals surface area contributed by atoms with Crippen molar-refractivity contribution in [1.29, 1.82) is 0 Å². The van der Waals surface area contributed by atoms with E-state index in [0.717, 1.165) is 32.1 Å². The summed E-state index contributed by atoms with van der Waals surface area (Å²) >= 11 is 0. The molecule has 1 amide bonds. The average Bonchev–Trinajstić information content (AvgIpc) is 2.98. The molecule has 19 heavy (non-hydrogen) atoms. The molecule has 1 aromatic rings. The zero-order chi connectivity index (χ0) is 13.7. The van der Waals surface area contributed by atoms with Gasteiger partial charge in [0, 0.05) is 30.9 Å². The Morgan fingerprint density at radius 1 is 1.58 bits per heavy atom. The molecule has 0 aliphatic heterocycles. The molecule has 0 saturated heterocycles. The summed E-state index contributed by atoms with van der Waals surface area (Å²) in [6.45, 7) is 2.09. The van der Waals surface area contributed by atoms with Gasteiger partial charge in [-0.1, -0.05) is 13.3 Å². The summed E-state index contributed by atoms with van der Waals surface area (Å²) in [5.41, 5.74) is 5.91. The quantitative estimate of drug-likeness (QED) is 0.820. The molecule has 2 rings (SSSR count). The van der Waals surface area contributed by atoms with Crippen molar-refractivity contribution in [3.8, 4) is 0 Å². The fraction of sp³-hybridized carbons (Fsp3) is 0.714. The molecule has 5 nitrogen and oxygen atoms in total. The normalized spacial score (nSPS) is 24.3. The maximum Gasteiger partial charge on any atom is 0.221 e. The first kappa shape index (κ1) is 14.1. The molecule has 0 bridgehead atoms. The highest BCUT2D eigenvalue weighted by Gasteiger charge is 2.29. The third-order valence-electron chi connectivity index (χ3n) is 3.84. The summed E-state index contributed by atoms with van der Waals surface area (Å²) < 4.78 is 2.10. The lowest BCUT2D eigenvalue weighted by Crippen LogP contribution is -2.40. The van der Waals surface area contributed by atoms with Gasteiger partial charge >= 0.3 is 0 Å². The van der Waals surface area contributed by atoms with E-state index in [1.54, 1.807) is 6.20 Å². The molecule has 1 saturated carbocycles. The lowest BCUT2D eigenvalue weighted by Gasteiger charge is -2.23. The largest absolute Gasteiger partial charge is 0.351 e. The number of aromatic nitrogens is 2. The van der Waals surface area contributed by atoms with Gasteiger partial charge in [0.2, 0.25) is 5.91 Å². The number of nitrogens with zero attached hydrogens (tertiary/aromatic N) is 2. The van der Waals surface area contributed by atoms with E-state index < -0.39 is 0 Å². The van der Waals surface area contributed by atoms with E-state index >= 15 is 0 Å². The van der Waals surface area contributed by atoms with Crippen molar-refractivity contribution in [1.82, 2.24) is 14.9 Å².